The van der Waals surface area contributed by atoms with E-state index in [0.29, 0.717) is 0 Å². The van der Waals surface area contributed by atoms with E-state index in [2.05, 4.69) is 39.4 Å². The molecule has 26 heavy (non-hydrogen) atoms. The molecule has 1 aromatic rings. The molecular weight excluding hydrogens is 322 g/mol. The van der Waals surface area contributed by atoms with Crippen LogP contribution >= 0.6 is 0 Å². The topological polar surface area (TPSA) is 27.7 Å². The second kappa shape index (κ2) is 11.6. The first-order valence-corrected chi connectivity index (χ1v) is 10.8. The van der Waals surface area contributed by atoms with Crippen molar-refractivity contribution >= 4 is 0 Å². The first kappa shape index (κ1) is 19.7. The molecule has 146 valence electrons. The van der Waals surface area contributed by atoms with Crippen LogP contribution in [0.15, 0.2) is 24.3 Å². The predicted octanol–water partition coefficient (Wildman–Crippen LogP) is 3.52. The quantitative estimate of drug-likeness (QED) is 0.612. The van der Waals surface area contributed by atoms with E-state index in [-0.39, 0.29) is 0 Å². The van der Waals surface area contributed by atoms with Gasteiger partial charge in [0.1, 0.15) is 5.75 Å². The maximum absolute atomic E-state index is 6.09. The fraction of sp³-hybridized carbons (Fsp3) is 0.727. The van der Waals surface area contributed by atoms with Crippen LogP contribution in [0.2, 0.25) is 0 Å². The van der Waals surface area contributed by atoms with Crippen LogP contribution in [0.3, 0.4) is 0 Å². The Kier molecular flexibility index (Phi) is 8.75. The van der Waals surface area contributed by atoms with Crippen LogP contribution in [0.4, 0.5) is 0 Å². The zero-order valence-corrected chi connectivity index (χ0v) is 16.4. The highest BCUT2D eigenvalue weighted by atomic mass is 16.5. The molecule has 0 spiro atoms. The van der Waals surface area contributed by atoms with E-state index in [1.807, 2.05) is 0 Å². The minimum atomic E-state index is 0.822. The van der Waals surface area contributed by atoms with Crippen molar-refractivity contribution in [1.29, 1.82) is 0 Å². The van der Waals surface area contributed by atoms with Crippen molar-refractivity contribution in [2.75, 3.05) is 52.4 Å². The summed E-state index contributed by atoms with van der Waals surface area (Å²) in [5, 5.41) is 3.59. The van der Waals surface area contributed by atoms with Crippen molar-refractivity contribution in [2.24, 2.45) is 0 Å². The third-order valence-electron chi connectivity index (χ3n) is 5.64. The molecule has 2 heterocycles. The summed E-state index contributed by atoms with van der Waals surface area (Å²) in [6.45, 7) is 10.4. The Morgan fingerprint density at radius 1 is 0.808 bits per heavy atom. The second-order valence-corrected chi connectivity index (χ2v) is 7.79. The van der Waals surface area contributed by atoms with Gasteiger partial charge in [-0.1, -0.05) is 24.6 Å². The van der Waals surface area contributed by atoms with Gasteiger partial charge in [0.05, 0.1) is 6.61 Å². The van der Waals surface area contributed by atoms with Gasteiger partial charge in [-0.2, -0.15) is 0 Å². The Morgan fingerprint density at radius 3 is 2.23 bits per heavy atom. The molecule has 1 N–H and O–H groups in total. The van der Waals surface area contributed by atoms with Crippen LogP contribution < -0.4 is 10.1 Å². The van der Waals surface area contributed by atoms with Crippen LogP contribution in [-0.4, -0.2) is 62.2 Å². The molecule has 0 aromatic heterocycles. The first-order valence-electron chi connectivity index (χ1n) is 10.8. The number of ether oxygens (including phenoxy) is 1. The molecule has 2 saturated heterocycles. The number of rotatable bonds is 11. The molecule has 0 amide bonds. The minimum Gasteiger partial charge on any atom is -0.493 e. The van der Waals surface area contributed by atoms with Gasteiger partial charge in [0.25, 0.3) is 0 Å². The molecule has 2 aliphatic heterocycles. The van der Waals surface area contributed by atoms with E-state index >= 15 is 0 Å². The van der Waals surface area contributed by atoms with E-state index in [4.69, 9.17) is 4.74 Å². The van der Waals surface area contributed by atoms with Crippen LogP contribution in [0.5, 0.6) is 5.75 Å². The predicted molar refractivity (Wildman–Crippen MR) is 109 cm³/mol. The fourth-order valence-electron chi connectivity index (χ4n) is 4.10. The fourth-order valence-corrected chi connectivity index (χ4v) is 4.10. The van der Waals surface area contributed by atoms with Crippen LogP contribution in [0.1, 0.15) is 50.5 Å². The van der Waals surface area contributed by atoms with Crippen molar-refractivity contribution in [3.05, 3.63) is 29.8 Å². The average molecular weight is 360 g/mol. The SMILES string of the molecule is c1ccc(OCCCN2CCCCC2)c(CNCCCN2CCCC2)c1. The molecule has 0 unspecified atom stereocenters. The number of hydrogen-bond acceptors (Lipinski definition) is 4. The van der Waals surface area contributed by atoms with Gasteiger partial charge < -0.3 is 19.9 Å². The lowest BCUT2D eigenvalue weighted by molar-refractivity contribution is 0.204. The third kappa shape index (κ3) is 6.90. The highest BCUT2D eigenvalue weighted by molar-refractivity contribution is 5.33. The molecule has 4 heteroatoms. The van der Waals surface area contributed by atoms with Gasteiger partial charge in [-0.05, 0) is 83.9 Å². The lowest BCUT2D eigenvalue weighted by atomic mass is 10.1. The van der Waals surface area contributed by atoms with Crippen LogP contribution in [-0.2, 0) is 6.54 Å². The summed E-state index contributed by atoms with van der Waals surface area (Å²) in [6, 6.07) is 8.49. The van der Waals surface area contributed by atoms with Gasteiger partial charge >= 0.3 is 0 Å². The number of para-hydroxylation sites is 1. The summed E-state index contributed by atoms with van der Waals surface area (Å²) in [5.74, 6) is 1.05. The molecule has 2 aliphatic rings. The maximum atomic E-state index is 6.09. The van der Waals surface area contributed by atoms with Gasteiger partial charge in [-0.25, -0.2) is 0 Å². The zero-order chi connectivity index (χ0) is 17.9. The summed E-state index contributed by atoms with van der Waals surface area (Å²) < 4.78 is 6.09. The summed E-state index contributed by atoms with van der Waals surface area (Å²) in [5.41, 5.74) is 1.28. The lowest BCUT2D eigenvalue weighted by Gasteiger charge is -2.26. The van der Waals surface area contributed by atoms with E-state index < -0.39 is 0 Å². The number of hydrogen-bond donors (Lipinski definition) is 1. The number of benzene rings is 1. The van der Waals surface area contributed by atoms with Crippen LogP contribution in [0, 0.1) is 0 Å². The second-order valence-electron chi connectivity index (χ2n) is 7.79. The Bertz CT molecular complexity index is 496. The standard InChI is InChI=1S/C22H37N3O/c1-4-13-25(14-5-1)18-9-19-26-22-11-3-2-10-21(22)20-23-12-8-17-24-15-6-7-16-24/h2-3,10-11,23H,1,4-9,12-20H2. The Hall–Kier alpha value is -1.10. The largest absolute Gasteiger partial charge is 0.493 e. The smallest absolute Gasteiger partial charge is 0.123 e. The molecule has 3 rings (SSSR count). The van der Waals surface area contributed by atoms with Gasteiger partial charge in [-0.3, -0.25) is 0 Å². The number of nitrogens with zero attached hydrogens (tertiary/aromatic N) is 2. The normalized spacial score (nSPS) is 19.1. The van der Waals surface area contributed by atoms with Crippen molar-refractivity contribution in [3.8, 4) is 5.75 Å². The van der Waals surface area contributed by atoms with Crippen molar-refractivity contribution < 1.29 is 4.74 Å². The van der Waals surface area contributed by atoms with E-state index in [1.54, 1.807) is 0 Å². The van der Waals surface area contributed by atoms with Crippen LogP contribution in [0.25, 0.3) is 0 Å². The third-order valence-corrected chi connectivity index (χ3v) is 5.64. The summed E-state index contributed by atoms with van der Waals surface area (Å²) >= 11 is 0. The summed E-state index contributed by atoms with van der Waals surface area (Å²) in [4.78, 5) is 5.17. The van der Waals surface area contributed by atoms with Crippen molar-refractivity contribution in [2.45, 2.75) is 51.5 Å². The van der Waals surface area contributed by atoms with E-state index in [9.17, 15) is 0 Å². The zero-order valence-electron chi connectivity index (χ0n) is 16.4. The molecule has 2 fully saturated rings. The summed E-state index contributed by atoms with van der Waals surface area (Å²) in [7, 11) is 0. The Labute approximate surface area is 159 Å². The average Bonchev–Trinajstić information content (AvgIpc) is 3.20. The van der Waals surface area contributed by atoms with E-state index in [1.165, 1.54) is 83.4 Å². The molecule has 0 atom stereocenters. The molecule has 0 bridgehead atoms. The molecule has 1 aromatic carbocycles. The highest BCUT2D eigenvalue weighted by Crippen LogP contribution is 2.18. The molecule has 0 radical (unpaired) electrons. The number of likely N-dealkylation sites (tertiary alicyclic amines) is 2. The first-order chi connectivity index (χ1) is 12.9. The molecule has 0 saturated carbocycles. The number of piperidine rings is 1. The Morgan fingerprint density at radius 2 is 1.46 bits per heavy atom. The maximum Gasteiger partial charge on any atom is 0.123 e. The summed E-state index contributed by atoms with van der Waals surface area (Å²) in [6.07, 6.45) is 9.27. The lowest BCUT2D eigenvalue weighted by Crippen LogP contribution is -2.31. The van der Waals surface area contributed by atoms with Gasteiger partial charge in [0, 0.05) is 18.7 Å². The number of nitrogens with one attached hydrogen (secondary N) is 1. The molecule has 0 aliphatic carbocycles. The molecule has 4 nitrogen and oxygen atoms in total. The highest BCUT2D eigenvalue weighted by Gasteiger charge is 2.11. The van der Waals surface area contributed by atoms with Crippen molar-refractivity contribution in [1.82, 2.24) is 15.1 Å². The van der Waals surface area contributed by atoms with Gasteiger partial charge in [0.2, 0.25) is 0 Å². The van der Waals surface area contributed by atoms with Gasteiger partial charge in [-0.15, -0.1) is 0 Å². The van der Waals surface area contributed by atoms with E-state index in [0.717, 1.165) is 31.9 Å². The van der Waals surface area contributed by atoms with Crippen molar-refractivity contribution in [3.63, 3.8) is 0 Å². The molecular formula is C22H37N3O. The minimum absolute atomic E-state index is 0.822. The monoisotopic (exact) mass is 359 g/mol. The Balaban J connectivity index is 1.30. The van der Waals surface area contributed by atoms with Gasteiger partial charge in [0.15, 0.2) is 0 Å².